The van der Waals surface area contributed by atoms with E-state index in [1.807, 2.05) is 6.20 Å². The second-order valence-electron chi connectivity index (χ2n) is 5.28. The second-order valence-corrected chi connectivity index (χ2v) is 5.28. The summed E-state index contributed by atoms with van der Waals surface area (Å²) in [4.78, 5) is 0. The first-order chi connectivity index (χ1) is 8.40. The van der Waals surface area contributed by atoms with Crippen LogP contribution in [0.3, 0.4) is 0 Å². The molecule has 1 saturated heterocycles. The third-order valence-electron chi connectivity index (χ3n) is 3.55. The number of rotatable bonds is 6. The van der Waals surface area contributed by atoms with Gasteiger partial charge in [-0.05, 0) is 31.6 Å². The zero-order chi connectivity index (χ0) is 11.5. The van der Waals surface area contributed by atoms with Gasteiger partial charge in [-0.15, -0.1) is 0 Å². The van der Waals surface area contributed by atoms with E-state index in [0.29, 0.717) is 6.10 Å². The first-order valence-corrected chi connectivity index (χ1v) is 6.74. The second kappa shape index (κ2) is 5.19. The number of nitrogens with one attached hydrogen (secondary N) is 1. The maximum absolute atomic E-state index is 5.57. The predicted molar refractivity (Wildman–Crippen MR) is 65.6 cm³/mol. The summed E-state index contributed by atoms with van der Waals surface area (Å²) in [5, 5.41) is 7.84. The first kappa shape index (κ1) is 11.2. The Bertz CT molecular complexity index is 353. The highest BCUT2D eigenvalue weighted by Crippen LogP contribution is 2.30. The van der Waals surface area contributed by atoms with Crippen LogP contribution in [0.5, 0.6) is 0 Å². The predicted octanol–water partition coefficient (Wildman–Crippen LogP) is 1.56. The molecule has 1 aliphatic heterocycles. The molecule has 4 heteroatoms. The first-order valence-electron chi connectivity index (χ1n) is 6.74. The van der Waals surface area contributed by atoms with Crippen molar-refractivity contribution in [3.63, 3.8) is 0 Å². The topological polar surface area (TPSA) is 39.1 Å². The number of nitrogens with zero attached hydrogens (tertiary/aromatic N) is 2. The Labute approximate surface area is 102 Å². The van der Waals surface area contributed by atoms with Crippen molar-refractivity contribution in [2.24, 2.45) is 5.92 Å². The Balaban J connectivity index is 1.39. The fourth-order valence-corrected chi connectivity index (χ4v) is 2.35. The van der Waals surface area contributed by atoms with Gasteiger partial charge in [0.25, 0.3) is 0 Å². The lowest BCUT2D eigenvalue weighted by atomic mass is 10.2. The molecule has 2 fully saturated rings. The number of hydrogen-bond acceptors (Lipinski definition) is 3. The fraction of sp³-hybridized carbons (Fsp3) is 0.769. The lowest BCUT2D eigenvalue weighted by Gasteiger charge is -2.09. The van der Waals surface area contributed by atoms with Crippen LogP contribution in [0.15, 0.2) is 12.4 Å². The van der Waals surface area contributed by atoms with Gasteiger partial charge in [0, 0.05) is 38.0 Å². The van der Waals surface area contributed by atoms with E-state index in [-0.39, 0.29) is 0 Å². The van der Waals surface area contributed by atoms with Crippen molar-refractivity contribution in [3.8, 4) is 0 Å². The Morgan fingerprint density at radius 1 is 1.41 bits per heavy atom. The van der Waals surface area contributed by atoms with E-state index in [4.69, 9.17) is 4.74 Å². The molecule has 0 amide bonds. The highest BCUT2D eigenvalue weighted by molar-refractivity contribution is 5.03. The summed E-state index contributed by atoms with van der Waals surface area (Å²) < 4.78 is 7.66. The fourth-order valence-electron chi connectivity index (χ4n) is 2.35. The average molecular weight is 235 g/mol. The zero-order valence-corrected chi connectivity index (χ0v) is 10.3. The Hall–Kier alpha value is -0.870. The largest absolute Gasteiger partial charge is 0.377 e. The molecule has 0 aromatic carbocycles. The van der Waals surface area contributed by atoms with Gasteiger partial charge in [0.15, 0.2) is 0 Å². The molecular weight excluding hydrogens is 214 g/mol. The van der Waals surface area contributed by atoms with E-state index < -0.39 is 0 Å². The van der Waals surface area contributed by atoms with Crippen LogP contribution < -0.4 is 5.32 Å². The summed E-state index contributed by atoms with van der Waals surface area (Å²) >= 11 is 0. The molecule has 0 spiro atoms. The quantitative estimate of drug-likeness (QED) is 0.813. The van der Waals surface area contributed by atoms with Crippen molar-refractivity contribution in [3.05, 3.63) is 18.0 Å². The van der Waals surface area contributed by atoms with E-state index in [9.17, 15) is 0 Å². The zero-order valence-electron chi connectivity index (χ0n) is 10.3. The molecule has 0 radical (unpaired) electrons. The van der Waals surface area contributed by atoms with E-state index in [0.717, 1.165) is 32.2 Å². The minimum Gasteiger partial charge on any atom is -0.377 e. The molecule has 1 aliphatic carbocycles. The molecule has 2 aliphatic rings. The molecule has 0 unspecified atom stereocenters. The van der Waals surface area contributed by atoms with Crippen LogP contribution in [-0.4, -0.2) is 29.0 Å². The molecule has 3 rings (SSSR count). The van der Waals surface area contributed by atoms with Gasteiger partial charge in [0.1, 0.15) is 0 Å². The van der Waals surface area contributed by atoms with Crippen LogP contribution in [0.4, 0.5) is 0 Å². The number of ether oxygens (including phenoxy) is 1. The lowest BCUT2D eigenvalue weighted by molar-refractivity contribution is 0.110. The van der Waals surface area contributed by atoms with Gasteiger partial charge in [-0.2, -0.15) is 5.10 Å². The molecule has 2 heterocycles. The van der Waals surface area contributed by atoms with E-state index >= 15 is 0 Å². The summed E-state index contributed by atoms with van der Waals surface area (Å²) in [7, 11) is 0. The summed E-state index contributed by atoms with van der Waals surface area (Å²) in [6.45, 7) is 3.91. The van der Waals surface area contributed by atoms with Gasteiger partial charge in [0.2, 0.25) is 0 Å². The van der Waals surface area contributed by atoms with Crippen LogP contribution in [0.25, 0.3) is 0 Å². The van der Waals surface area contributed by atoms with Gasteiger partial charge in [0.05, 0.1) is 12.3 Å². The van der Waals surface area contributed by atoms with Crippen LogP contribution in [0, 0.1) is 5.92 Å². The Morgan fingerprint density at radius 3 is 3.12 bits per heavy atom. The van der Waals surface area contributed by atoms with Crippen LogP contribution >= 0.6 is 0 Å². The van der Waals surface area contributed by atoms with Crippen molar-refractivity contribution in [1.82, 2.24) is 15.1 Å². The monoisotopic (exact) mass is 235 g/mol. The van der Waals surface area contributed by atoms with E-state index in [2.05, 4.69) is 21.3 Å². The van der Waals surface area contributed by atoms with E-state index in [1.54, 1.807) is 0 Å². The minimum absolute atomic E-state index is 0.427. The summed E-state index contributed by atoms with van der Waals surface area (Å²) in [6, 6.07) is 0. The third kappa shape index (κ3) is 3.30. The van der Waals surface area contributed by atoms with Gasteiger partial charge in [-0.1, -0.05) is 0 Å². The normalized spacial score (nSPS) is 24.4. The van der Waals surface area contributed by atoms with Crippen molar-refractivity contribution in [2.75, 3.05) is 13.2 Å². The van der Waals surface area contributed by atoms with Gasteiger partial charge in [-0.3, -0.25) is 4.68 Å². The van der Waals surface area contributed by atoms with Crippen molar-refractivity contribution in [1.29, 1.82) is 0 Å². The highest BCUT2D eigenvalue weighted by atomic mass is 16.5. The maximum atomic E-state index is 5.57. The molecule has 1 aromatic rings. The minimum atomic E-state index is 0.427. The molecule has 4 nitrogen and oxygen atoms in total. The molecule has 0 bridgehead atoms. The van der Waals surface area contributed by atoms with Gasteiger partial charge in [-0.25, -0.2) is 0 Å². The third-order valence-corrected chi connectivity index (χ3v) is 3.55. The average Bonchev–Trinajstić information content (AvgIpc) is 2.80. The SMILES string of the molecule is c1nn(CC2CC2)cc1CNC[C@@H]1CCCO1. The molecule has 1 aromatic heterocycles. The van der Waals surface area contributed by atoms with Crippen LogP contribution in [0.2, 0.25) is 0 Å². The summed E-state index contributed by atoms with van der Waals surface area (Å²) in [5.74, 6) is 0.891. The Morgan fingerprint density at radius 2 is 2.35 bits per heavy atom. The lowest BCUT2D eigenvalue weighted by Crippen LogP contribution is -2.25. The molecule has 17 heavy (non-hydrogen) atoms. The van der Waals surface area contributed by atoms with Crippen molar-refractivity contribution < 1.29 is 4.74 Å². The van der Waals surface area contributed by atoms with E-state index in [1.165, 1.54) is 31.2 Å². The molecule has 1 N–H and O–H groups in total. The molecule has 1 saturated carbocycles. The maximum Gasteiger partial charge on any atom is 0.0700 e. The Kier molecular flexibility index (Phi) is 3.43. The van der Waals surface area contributed by atoms with Gasteiger partial charge >= 0.3 is 0 Å². The van der Waals surface area contributed by atoms with Gasteiger partial charge < -0.3 is 10.1 Å². The van der Waals surface area contributed by atoms with Crippen LogP contribution in [0.1, 0.15) is 31.2 Å². The van der Waals surface area contributed by atoms with Crippen LogP contribution in [-0.2, 0) is 17.8 Å². The number of hydrogen-bond donors (Lipinski definition) is 1. The standard InChI is InChI=1S/C13H21N3O/c1-2-13(17-5-1)8-14-6-12-7-15-16(10-12)9-11-3-4-11/h7,10-11,13-14H,1-6,8-9H2/t13-/m0/s1. The molecular formula is C13H21N3O. The smallest absolute Gasteiger partial charge is 0.0700 e. The molecule has 94 valence electrons. The molecule has 1 atom stereocenters. The summed E-state index contributed by atoms with van der Waals surface area (Å²) in [6.07, 6.45) is 9.75. The summed E-state index contributed by atoms with van der Waals surface area (Å²) in [5.41, 5.74) is 1.28. The highest BCUT2D eigenvalue weighted by Gasteiger charge is 2.21. The van der Waals surface area contributed by atoms with Crippen molar-refractivity contribution >= 4 is 0 Å². The van der Waals surface area contributed by atoms with Crippen molar-refractivity contribution in [2.45, 2.75) is 44.9 Å². The number of aromatic nitrogens is 2.